The third-order valence-electron chi connectivity index (χ3n) is 2.66. The van der Waals surface area contributed by atoms with E-state index in [9.17, 15) is 9.90 Å². The van der Waals surface area contributed by atoms with Crippen LogP contribution in [0.25, 0.3) is 0 Å². The molecule has 4 nitrogen and oxygen atoms in total. The van der Waals surface area contributed by atoms with E-state index in [1.165, 1.54) is 12.0 Å². The minimum Gasteiger partial charge on any atom is -0.452 e. The Morgan fingerprint density at radius 3 is 3.06 bits per heavy atom. The molecule has 2 rings (SSSR count). The maximum Gasteiger partial charge on any atom is 0.414 e. The van der Waals surface area contributed by atoms with Crippen molar-refractivity contribution < 1.29 is 14.6 Å². The van der Waals surface area contributed by atoms with Crippen LogP contribution >= 0.6 is 11.6 Å². The molecule has 0 radical (unpaired) electrons. The first-order valence-electron chi connectivity index (χ1n) is 4.96. The highest BCUT2D eigenvalue weighted by Crippen LogP contribution is 2.35. The minimum atomic E-state index is -0.574. The van der Waals surface area contributed by atoms with Gasteiger partial charge in [0.25, 0.3) is 0 Å². The summed E-state index contributed by atoms with van der Waals surface area (Å²) in [6.45, 7) is 0.447. The predicted molar refractivity (Wildman–Crippen MR) is 60.8 cm³/mol. The Hall–Kier alpha value is -1.26. The van der Waals surface area contributed by atoms with Crippen LogP contribution in [0.2, 0.25) is 5.02 Å². The highest BCUT2D eigenvalue weighted by molar-refractivity contribution is 6.30. The first-order chi connectivity index (χ1) is 7.63. The van der Waals surface area contributed by atoms with Crippen molar-refractivity contribution in [1.82, 2.24) is 0 Å². The van der Waals surface area contributed by atoms with Gasteiger partial charge in [-0.05, 0) is 24.6 Å². The molecule has 1 amide bonds. The Morgan fingerprint density at radius 1 is 1.62 bits per heavy atom. The van der Waals surface area contributed by atoms with Gasteiger partial charge in [0.15, 0.2) is 0 Å². The normalized spacial score (nSPS) is 19.2. The number of anilines is 1. The van der Waals surface area contributed by atoms with Crippen LogP contribution in [0.4, 0.5) is 10.5 Å². The average Bonchev–Trinajstić information content (AvgIpc) is 2.29. The molecule has 1 aliphatic rings. The summed E-state index contributed by atoms with van der Waals surface area (Å²) in [6.07, 6.45) is -0.507. The molecule has 5 heteroatoms. The molecule has 1 N–H and O–H groups in total. The van der Waals surface area contributed by atoms with Crippen molar-refractivity contribution in [3.63, 3.8) is 0 Å². The van der Waals surface area contributed by atoms with Crippen molar-refractivity contribution in [2.45, 2.75) is 12.5 Å². The summed E-state index contributed by atoms with van der Waals surface area (Å²) in [4.78, 5) is 13.0. The summed E-state index contributed by atoms with van der Waals surface area (Å²) >= 11 is 5.86. The van der Waals surface area contributed by atoms with Crippen molar-refractivity contribution in [3.8, 4) is 0 Å². The summed E-state index contributed by atoms with van der Waals surface area (Å²) in [5, 5.41) is 10.4. The third kappa shape index (κ3) is 1.86. The van der Waals surface area contributed by atoms with Crippen LogP contribution in [0.1, 0.15) is 18.1 Å². The van der Waals surface area contributed by atoms with Gasteiger partial charge in [0, 0.05) is 17.1 Å². The van der Waals surface area contributed by atoms with Crippen molar-refractivity contribution >= 4 is 23.4 Å². The number of hydrogen-bond acceptors (Lipinski definition) is 3. The molecule has 1 aromatic rings. The zero-order valence-corrected chi connectivity index (χ0v) is 9.57. The molecule has 1 atom stereocenters. The number of methoxy groups -OCH3 is 1. The van der Waals surface area contributed by atoms with Gasteiger partial charge in [-0.2, -0.15) is 0 Å². The quantitative estimate of drug-likeness (QED) is 0.759. The van der Waals surface area contributed by atoms with Gasteiger partial charge in [-0.25, -0.2) is 4.79 Å². The number of rotatable bonds is 0. The number of ether oxygens (including phenoxy) is 1. The molecule has 0 saturated heterocycles. The van der Waals surface area contributed by atoms with E-state index in [4.69, 9.17) is 11.6 Å². The van der Waals surface area contributed by atoms with E-state index in [2.05, 4.69) is 4.74 Å². The van der Waals surface area contributed by atoms with E-state index in [1.54, 1.807) is 18.2 Å². The topological polar surface area (TPSA) is 49.8 Å². The van der Waals surface area contributed by atoms with E-state index >= 15 is 0 Å². The maximum absolute atomic E-state index is 11.5. The fourth-order valence-electron chi connectivity index (χ4n) is 1.87. The van der Waals surface area contributed by atoms with E-state index in [0.29, 0.717) is 29.2 Å². The largest absolute Gasteiger partial charge is 0.452 e. The number of fused-ring (bicyclic) bond motifs is 1. The first-order valence-corrected chi connectivity index (χ1v) is 5.34. The molecule has 0 fully saturated rings. The molecule has 0 saturated carbocycles. The lowest BCUT2D eigenvalue weighted by Crippen LogP contribution is -2.36. The summed E-state index contributed by atoms with van der Waals surface area (Å²) in [5.74, 6) is 0. The molecule has 1 aromatic carbocycles. The average molecular weight is 242 g/mol. The van der Waals surface area contributed by atoms with Crippen LogP contribution in [-0.4, -0.2) is 24.9 Å². The lowest BCUT2D eigenvalue weighted by Gasteiger charge is -2.31. The number of carbonyl (C=O) groups is 1. The molecular formula is C11H12ClNO3. The molecule has 86 valence electrons. The SMILES string of the molecule is COC(=O)N1CCC(O)c2cc(Cl)ccc21. The van der Waals surface area contributed by atoms with E-state index in [1.807, 2.05) is 0 Å². The zero-order chi connectivity index (χ0) is 11.7. The zero-order valence-electron chi connectivity index (χ0n) is 8.81. The predicted octanol–water partition coefficient (Wildman–Crippen LogP) is 2.35. The Morgan fingerprint density at radius 2 is 2.38 bits per heavy atom. The Labute approximate surface area is 98.4 Å². The molecule has 1 aliphatic heterocycles. The maximum atomic E-state index is 11.5. The number of hydrogen-bond donors (Lipinski definition) is 1. The molecule has 0 aromatic heterocycles. The van der Waals surface area contributed by atoms with Crippen LogP contribution in [0.5, 0.6) is 0 Å². The highest BCUT2D eigenvalue weighted by Gasteiger charge is 2.28. The van der Waals surface area contributed by atoms with Gasteiger partial charge in [-0.1, -0.05) is 11.6 Å². The van der Waals surface area contributed by atoms with Gasteiger partial charge in [-0.3, -0.25) is 4.90 Å². The molecular weight excluding hydrogens is 230 g/mol. The monoisotopic (exact) mass is 241 g/mol. The van der Waals surface area contributed by atoms with Gasteiger partial charge in [-0.15, -0.1) is 0 Å². The minimum absolute atomic E-state index is 0.421. The number of benzene rings is 1. The fraction of sp³-hybridized carbons (Fsp3) is 0.364. The van der Waals surface area contributed by atoms with Gasteiger partial charge in [0.2, 0.25) is 0 Å². The Bertz CT molecular complexity index is 422. The Kier molecular flexibility index (Phi) is 3.03. The van der Waals surface area contributed by atoms with Gasteiger partial charge in [0.05, 0.1) is 18.9 Å². The second-order valence-corrected chi connectivity index (χ2v) is 4.07. The second-order valence-electron chi connectivity index (χ2n) is 3.63. The molecule has 1 heterocycles. The summed E-state index contributed by atoms with van der Waals surface area (Å²) in [5.41, 5.74) is 1.33. The first kappa shape index (κ1) is 11.2. The van der Waals surface area contributed by atoms with Gasteiger partial charge < -0.3 is 9.84 Å². The molecule has 0 aliphatic carbocycles. The van der Waals surface area contributed by atoms with Gasteiger partial charge in [0.1, 0.15) is 0 Å². The Balaban J connectivity index is 2.44. The summed E-state index contributed by atoms with van der Waals surface area (Å²) in [6, 6.07) is 5.09. The van der Waals surface area contributed by atoms with Crippen LogP contribution in [0.3, 0.4) is 0 Å². The van der Waals surface area contributed by atoms with Crippen LogP contribution in [0.15, 0.2) is 18.2 Å². The van der Waals surface area contributed by atoms with Crippen LogP contribution in [-0.2, 0) is 4.74 Å². The smallest absolute Gasteiger partial charge is 0.414 e. The fourth-order valence-corrected chi connectivity index (χ4v) is 2.05. The summed E-state index contributed by atoms with van der Waals surface area (Å²) < 4.78 is 4.68. The standard InChI is InChI=1S/C11H12ClNO3/c1-16-11(15)13-5-4-10(14)8-6-7(12)2-3-9(8)13/h2-3,6,10,14H,4-5H2,1H3. The summed E-state index contributed by atoms with van der Waals surface area (Å²) in [7, 11) is 1.34. The number of aliphatic hydroxyl groups is 1. The number of halogens is 1. The lowest BCUT2D eigenvalue weighted by molar-refractivity contribution is 0.154. The number of carbonyl (C=O) groups excluding carboxylic acids is 1. The van der Waals surface area contributed by atoms with Crippen LogP contribution in [0, 0.1) is 0 Å². The van der Waals surface area contributed by atoms with E-state index < -0.39 is 12.2 Å². The van der Waals surface area contributed by atoms with Crippen molar-refractivity contribution in [2.24, 2.45) is 0 Å². The third-order valence-corrected chi connectivity index (χ3v) is 2.90. The van der Waals surface area contributed by atoms with E-state index in [-0.39, 0.29) is 0 Å². The molecule has 1 unspecified atom stereocenters. The number of nitrogens with zero attached hydrogens (tertiary/aromatic N) is 1. The molecule has 0 bridgehead atoms. The number of amides is 1. The van der Waals surface area contributed by atoms with Crippen molar-refractivity contribution in [3.05, 3.63) is 28.8 Å². The molecule has 16 heavy (non-hydrogen) atoms. The van der Waals surface area contributed by atoms with E-state index in [0.717, 1.165) is 0 Å². The highest BCUT2D eigenvalue weighted by atomic mass is 35.5. The van der Waals surface area contributed by atoms with Crippen molar-refractivity contribution in [1.29, 1.82) is 0 Å². The second kappa shape index (κ2) is 4.31. The van der Waals surface area contributed by atoms with Gasteiger partial charge >= 0.3 is 6.09 Å². The number of aliphatic hydroxyl groups excluding tert-OH is 1. The van der Waals surface area contributed by atoms with Crippen molar-refractivity contribution in [2.75, 3.05) is 18.6 Å². The lowest BCUT2D eigenvalue weighted by atomic mass is 9.99. The van der Waals surface area contributed by atoms with Crippen LogP contribution < -0.4 is 4.90 Å². The molecule has 0 spiro atoms.